The Hall–Kier alpha value is -0.810. The fourth-order valence-electron chi connectivity index (χ4n) is 0.926. The van der Waals surface area contributed by atoms with Gasteiger partial charge in [-0.15, -0.1) is 0 Å². The predicted molar refractivity (Wildman–Crippen MR) is 42.3 cm³/mol. The van der Waals surface area contributed by atoms with Crippen molar-refractivity contribution in [2.75, 3.05) is 0 Å². The molecule has 6 heteroatoms. The van der Waals surface area contributed by atoms with Crippen LogP contribution in [0.5, 0.6) is 0 Å². The van der Waals surface area contributed by atoms with Crippen molar-refractivity contribution in [2.45, 2.75) is 12.8 Å². The lowest BCUT2D eigenvalue weighted by Crippen LogP contribution is -2.07. The molecule has 1 nitrogen and oxygen atoms in total. The van der Waals surface area contributed by atoms with Gasteiger partial charge in [-0.2, -0.15) is 13.2 Å². The molecule has 1 aromatic rings. The number of benzene rings is 1. The molecule has 0 bridgehead atoms. The molecular weight excluding hydrogens is 224 g/mol. The first-order valence-corrected chi connectivity index (χ1v) is 3.90. The molecule has 0 unspecified atom stereocenters. The standard InChI is InChI=1S/C8H5ClF4O/c9-6-1-4(3-14)7(10)2-5(6)8(11,12)13/h1-2,14H,3H2. The van der Waals surface area contributed by atoms with Crippen molar-refractivity contribution in [1.29, 1.82) is 0 Å². The highest BCUT2D eigenvalue weighted by Gasteiger charge is 2.34. The van der Waals surface area contributed by atoms with Crippen LogP contribution in [-0.4, -0.2) is 5.11 Å². The maximum absolute atomic E-state index is 12.8. The van der Waals surface area contributed by atoms with Gasteiger partial charge in [0.25, 0.3) is 0 Å². The normalized spacial score (nSPS) is 11.9. The van der Waals surface area contributed by atoms with Gasteiger partial charge in [0.05, 0.1) is 17.2 Å². The molecule has 0 aromatic heterocycles. The van der Waals surface area contributed by atoms with Crippen molar-refractivity contribution >= 4 is 11.6 Å². The maximum atomic E-state index is 12.8. The van der Waals surface area contributed by atoms with E-state index < -0.39 is 29.2 Å². The third kappa shape index (κ3) is 2.16. The Kier molecular flexibility index (Phi) is 3.01. The van der Waals surface area contributed by atoms with Crippen molar-refractivity contribution in [3.8, 4) is 0 Å². The van der Waals surface area contributed by atoms with E-state index in [0.29, 0.717) is 0 Å². The molecule has 78 valence electrons. The summed E-state index contributed by atoms with van der Waals surface area (Å²) < 4.78 is 49.3. The monoisotopic (exact) mass is 228 g/mol. The summed E-state index contributed by atoms with van der Waals surface area (Å²) in [4.78, 5) is 0. The minimum absolute atomic E-state index is 0.261. The summed E-state index contributed by atoms with van der Waals surface area (Å²) in [6.45, 7) is -0.691. The van der Waals surface area contributed by atoms with Crippen LogP contribution >= 0.6 is 11.6 Å². The van der Waals surface area contributed by atoms with Gasteiger partial charge in [0, 0.05) is 5.56 Å². The first-order chi connectivity index (χ1) is 6.36. The van der Waals surface area contributed by atoms with Crippen molar-refractivity contribution in [2.24, 2.45) is 0 Å². The molecular formula is C8H5ClF4O. The van der Waals surface area contributed by atoms with Gasteiger partial charge in [0.1, 0.15) is 5.82 Å². The summed E-state index contributed by atoms with van der Waals surface area (Å²) in [5, 5.41) is 7.93. The summed E-state index contributed by atoms with van der Waals surface area (Å²) >= 11 is 5.27. The van der Waals surface area contributed by atoms with Crippen LogP contribution in [0, 0.1) is 5.82 Å². The van der Waals surface area contributed by atoms with Gasteiger partial charge in [0.2, 0.25) is 0 Å². The minimum Gasteiger partial charge on any atom is -0.392 e. The molecule has 0 aliphatic heterocycles. The van der Waals surface area contributed by atoms with Crippen LogP contribution in [0.15, 0.2) is 12.1 Å². The first-order valence-electron chi connectivity index (χ1n) is 3.52. The summed E-state index contributed by atoms with van der Waals surface area (Å²) in [5.74, 6) is -1.12. The summed E-state index contributed by atoms with van der Waals surface area (Å²) in [6.07, 6.45) is -4.69. The van der Waals surface area contributed by atoms with E-state index >= 15 is 0 Å². The zero-order valence-electron chi connectivity index (χ0n) is 6.70. The smallest absolute Gasteiger partial charge is 0.392 e. The molecule has 1 N–H and O–H groups in total. The molecule has 1 rings (SSSR count). The van der Waals surface area contributed by atoms with E-state index in [-0.39, 0.29) is 11.6 Å². The number of alkyl halides is 3. The van der Waals surface area contributed by atoms with E-state index in [4.69, 9.17) is 16.7 Å². The van der Waals surface area contributed by atoms with Crippen molar-refractivity contribution in [3.05, 3.63) is 34.1 Å². The van der Waals surface area contributed by atoms with E-state index in [9.17, 15) is 17.6 Å². The van der Waals surface area contributed by atoms with Crippen LogP contribution in [0.3, 0.4) is 0 Å². The molecule has 0 aliphatic rings. The van der Waals surface area contributed by atoms with Gasteiger partial charge in [-0.05, 0) is 12.1 Å². The van der Waals surface area contributed by atoms with E-state index in [1.54, 1.807) is 0 Å². The highest BCUT2D eigenvalue weighted by Crippen LogP contribution is 2.35. The van der Waals surface area contributed by atoms with Crippen molar-refractivity contribution in [1.82, 2.24) is 0 Å². The van der Waals surface area contributed by atoms with Crippen LogP contribution in [0.1, 0.15) is 11.1 Å². The molecule has 0 atom stereocenters. The van der Waals surface area contributed by atoms with Gasteiger partial charge >= 0.3 is 6.18 Å². The van der Waals surface area contributed by atoms with Gasteiger partial charge in [-0.1, -0.05) is 11.6 Å². The second-order valence-electron chi connectivity index (χ2n) is 2.58. The number of aliphatic hydroxyl groups excluding tert-OH is 1. The summed E-state index contributed by atoms with van der Waals surface area (Å²) in [7, 11) is 0. The molecule has 0 saturated carbocycles. The average molecular weight is 229 g/mol. The molecule has 1 aromatic carbocycles. The van der Waals surface area contributed by atoms with E-state index in [1.165, 1.54) is 0 Å². The fraction of sp³-hybridized carbons (Fsp3) is 0.250. The van der Waals surface area contributed by atoms with Crippen LogP contribution in [0.2, 0.25) is 5.02 Å². The number of halogens is 5. The molecule has 0 spiro atoms. The lowest BCUT2D eigenvalue weighted by Gasteiger charge is -2.10. The number of hydrogen-bond acceptors (Lipinski definition) is 1. The van der Waals surface area contributed by atoms with Crippen LogP contribution in [-0.2, 0) is 12.8 Å². The van der Waals surface area contributed by atoms with Gasteiger partial charge in [-0.3, -0.25) is 0 Å². The average Bonchev–Trinajstić information content (AvgIpc) is 2.06. The lowest BCUT2D eigenvalue weighted by atomic mass is 10.1. The van der Waals surface area contributed by atoms with Crippen LogP contribution in [0.4, 0.5) is 17.6 Å². The molecule has 0 aliphatic carbocycles. The third-order valence-electron chi connectivity index (χ3n) is 1.61. The zero-order chi connectivity index (χ0) is 10.9. The molecule has 0 saturated heterocycles. The van der Waals surface area contributed by atoms with E-state index in [1.807, 2.05) is 0 Å². The number of aliphatic hydroxyl groups is 1. The quantitative estimate of drug-likeness (QED) is 0.733. The van der Waals surface area contributed by atoms with Gasteiger partial charge in [-0.25, -0.2) is 4.39 Å². The Morgan fingerprint density at radius 3 is 2.29 bits per heavy atom. The molecule has 0 heterocycles. The van der Waals surface area contributed by atoms with Gasteiger partial charge in [0.15, 0.2) is 0 Å². The predicted octanol–water partition coefficient (Wildman–Crippen LogP) is 2.99. The molecule has 0 fully saturated rings. The van der Waals surface area contributed by atoms with E-state index in [0.717, 1.165) is 6.07 Å². The first kappa shape index (κ1) is 11.3. The summed E-state index contributed by atoms with van der Waals surface area (Å²) in [5.41, 5.74) is -1.50. The largest absolute Gasteiger partial charge is 0.417 e. The van der Waals surface area contributed by atoms with Crippen molar-refractivity contribution in [3.63, 3.8) is 0 Å². The fourth-order valence-corrected chi connectivity index (χ4v) is 1.22. The Morgan fingerprint density at radius 2 is 1.86 bits per heavy atom. The topological polar surface area (TPSA) is 20.2 Å². The number of rotatable bonds is 1. The molecule has 0 radical (unpaired) electrons. The highest BCUT2D eigenvalue weighted by atomic mass is 35.5. The zero-order valence-corrected chi connectivity index (χ0v) is 7.45. The Bertz CT molecular complexity index is 348. The van der Waals surface area contributed by atoms with E-state index in [2.05, 4.69) is 0 Å². The summed E-state index contributed by atoms with van der Waals surface area (Å²) in [6, 6.07) is 1.04. The third-order valence-corrected chi connectivity index (χ3v) is 1.92. The van der Waals surface area contributed by atoms with Gasteiger partial charge < -0.3 is 5.11 Å². The Labute approximate surface area is 81.9 Å². The Morgan fingerprint density at radius 1 is 1.29 bits per heavy atom. The van der Waals surface area contributed by atoms with Crippen LogP contribution < -0.4 is 0 Å². The lowest BCUT2D eigenvalue weighted by molar-refractivity contribution is -0.137. The number of hydrogen-bond donors (Lipinski definition) is 1. The maximum Gasteiger partial charge on any atom is 0.417 e. The second kappa shape index (κ2) is 3.74. The van der Waals surface area contributed by atoms with Crippen molar-refractivity contribution < 1.29 is 22.7 Å². The van der Waals surface area contributed by atoms with Crippen LogP contribution in [0.25, 0.3) is 0 Å². The molecule has 14 heavy (non-hydrogen) atoms. The Balaban J connectivity index is 3.29. The SMILES string of the molecule is OCc1cc(Cl)c(C(F)(F)F)cc1F. The minimum atomic E-state index is -4.69. The second-order valence-corrected chi connectivity index (χ2v) is 2.99. The highest BCUT2D eigenvalue weighted by molar-refractivity contribution is 6.31. The molecule has 0 amide bonds.